The number of aliphatic hydroxyl groups excluding tert-OH is 1. The molecule has 6 nitrogen and oxygen atoms in total. The molecule has 1 aliphatic rings. The Hall–Kier alpha value is -3.58. The molecule has 3 aromatic rings. The first-order chi connectivity index (χ1) is 17.3. The number of carbonyl (C=O) groups excluding carboxylic acids is 2. The fraction of sp³-hybridized carbons (Fsp3) is 0.241. The van der Waals surface area contributed by atoms with Crippen LogP contribution in [0.2, 0.25) is 0 Å². The minimum atomic E-state index is -0.772. The van der Waals surface area contributed by atoms with Gasteiger partial charge in [-0.25, -0.2) is 0 Å². The van der Waals surface area contributed by atoms with Crippen LogP contribution in [0.3, 0.4) is 0 Å². The third-order valence-electron chi connectivity index (χ3n) is 6.61. The van der Waals surface area contributed by atoms with E-state index in [-0.39, 0.29) is 11.3 Å². The van der Waals surface area contributed by atoms with E-state index in [1.165, 1.54) is 4.90 Å². The lowest BCUT2D eigenvalue weighted by atomic mass is 9.92. The summed E-state index contributed by atoms with van der Waals surface area (Å²) < 4.78 is 5.92. The Bertz CT molecular complexity index is 1330. The van der Waals surface area contributed by atoms with Gasteiger partial charge < -0.3 is 14.7 Å². The second-order valence-electron chi connectivity index (χ2n) is 8.56. The molecule has 0 spiro atoms. The number of benzene rings is 3. The number of aliphatic hydroxyl groups is 1. The zero-order valence-electron chi connectivity index (χ0n) is 20.8. The molecule has 0 bridgehead atoms. The van der Waals surface area contributed by atoms with Gasteiger partial charge in [-0.1, -0.05) is 24.3 Å². The third-order valence-corrected chi connectivity index (χ3v) is 7.23. The minimum absolute atomic E-state index is 0.0548. The average Bonchev–Trinajstić information content (AvgIpc) is 3.15. The summed E-state index contributed by atoms with van der Waals surface area (Å²) in [5.41, 5.74) is 3.79. The van der Waals surface area contributed by atoms with E-state index in [0.29, 0.717) is 21.5 Å². The van der Waals surface area contributed by atoms with Crippen LogP contribution < -0.4 is 14.5 Å². The van der Waals surface area contributed by atoms with Crippen LogP contribution in [0.4, 0.5) is 11.4 Å². The Kier molecular flexibility index (Phi) is 7.50. The first-order valence-corrected chi connectivity index (χ1v) is 12.7. The van der Waals surface area contributed by atoms with Crippen LogP contribution in [0.1, 0.15) is 36.6 Å². The standard InChI is InChI=1S/C29H29BrN2O4/c1-5-31(6-2)20-12-14-21(15-13-20)32-26(22-10-8-7-9-18(22)3)25(28(34)29(32)35)27(33)19-11-16-24(36-4)23(30)17-19/h7-17,26,33H,5-6H2,1-4H3/b27-25+. The largest absolute Gasteiger partial charge is 0.507 e. The molecule has 0 aromatic heterocycles. The van der Waals surface area contributed by atoms with Crippen LogP contribution >= 0.6 is 15.9 Å². The van der Waals surface area contributed by atoms with Crippen LogP contribution in [0.25, 0.3) is 5.76 Å². The molecule has 7 heteroatoms. The van der Waals surface area contributed by atoms with E-state index in [1.54, 1.807) is 25.3 Å². The van der Waals surface area contributed by atoms with Crippen molar-refractivity contribution in [2.75, 3.05) is 30.0 Å². The summed E-state index contributed by atoms with van der Waals surface area (Å²) in [6.45, 7) is 7.84. The number of halogens is 1. The minimum Gasteiger partial charge on any atom is -0.507 e. The van der Waals surface area contributed by atoms with Crippen LogP contribution in [-0.2, 0) is 9.59 Å². The Labute approximate surface area is 219 Å². The molecule has 1 heterocycles. The van der Waals surface area contributed by atoms with Crippen molar-refractivity contribution in [2.24, 2.45) is 0 Å². The van der Waals surface area contributed by atoms with Crippen LogP contribution in [0.5, 0.6) is 5.75 Å². The number of carbonyl (C=O) groups is 2. The lowest BCUT2D eigenvalue weighted by molar-refractivity contribution is -0.132. The predicted octanol–water partition coefficient (Wildman–Crippen LogP) is 6.24. The van der Waals surface area contributed by atoms with Gasteiger partial charge in [0.15, 0.2) is 0 Å². The van der Waals surface area contributed by atoms with Gasteiger partial charge in [0.2, 0.25) is 0 Å². The second-order valence-corrected chi connectivity index (χ2v) is 9.42. The molecule has 1 fully saturated rings. The maximum Gasteiger partial charge on any atom is 0.300 e. The molecule has 0 aliphatic carbocycles. The number of rotatable bonds is 7. The van der Waals surface area contributed by atoms with Gasteiger partial charge in [-0.15, -0.1) is 0 Å². The molecular formula is C29H29BrN2O4. The molecule has 1 N–H and O–H groups in total. The number of ketones is 1. The Balaban J connectivity index is 1.89. The van der Waals surface area contributed by atoms with Gasteiger partial charge in [0.05, 0.1) is 23.2 Å². The van der Waals surface area contributed by atoms with E-state index in [2.05, 4.69) is 34.7 Å². The Morgan fingerprint density at radius 2 is 1.69 bits per heavy atom. The highest BCUT2D eigenvalue weighted by molar-refractivity contribution is 9.10. The lowest BCUT2D eigenvalue weighted by Crippen LogP contribution is -2.30. The van der Waals surface area contributed by atoms with Gasteiger partial charge >= 0.3 is 0 Å². The molecule has 1 unspecified atom stereocenters. The van der Waals surface area contributed by atoms with E-state index < -0.39 is 17.7 Å². The summed E-state index contributed by atoms with van der Waals surface area (Å²) in [6.07, 6.45) is 0. The summed E-state index contributed by atoms with van der Waals surface area (Å²) in [5, 5.41) is 11.4. The number of methoxy groups -OCH3 is 1. The first-order valence-electron chi connectivity index (χ1n) is 11.9. The fourth-order valence-corrected chi connectivity index (χ4v) is 5.21. The molecule has 1 atom stereocenters. The maximum absolute atomic E-state index is 13.4. The smallest absolute Gasteiger partial charge is 0.300 e. The summed E-state index contributed by atoms with van der Waals surface area (Å²) in [4.78, 5) is 30.6. The van der Waals surface area contributed by atoms with E-state index in [1.807, 2.05) is 55.5 Å². The van der Waals surface area contributed by atoms with Crippen molar-refractivity contribution in [1.29, 1.82) is 0 Å². The summed E-state index contributed by atoms with van der Waals surface area (Å²) in [5.74, 6) is -1.03. The normalized spacial score (nSPS) is 16.9. The first kappa shape index (κ1) is 25.5. The van der Waals surface area contributed by atoms with Crippen molar-refractivity contribution in [1.82, 2.24) is 0 Å². The SMILES string of the molecule is CCN(CC)c1ccc(N2C(=O)C(=O)/C(=C(/O)c3ccc(OC)c(Br)c3)C2c2ccccc2C)cc1. The zero-order valence-corrected chi connectivity index (χ0v) is 22.4. The van der Waals surface area contributed by atoms with Crippen molar-refractivity contribution in [2.45, 2.75) is 26.8 Å². The highest BCUT2D eigenvalue weighted by Crippen LogP contribution is 2.43. The summed E-state index contributed by atoms with van der Waals surface area (Å²) >= 11 is 3.44. The van der Waals surface area contributed by atoms with Crippen molar-refractivity contribution in [3.05, 3.63) is 93.5 Å². The summed E-state index contributed by atoms with van der Waals surface area (Å²) in [6, 6.07) is 19.5. The number of anilines is 2. The molecule has 186 valence electrons. The molecule has 3 aromatic carbocycles. The lowest BCUT2D eigenvalue weighted by Gasteiger charge is -2.27. The number of Topliss-reactive ketones (excluding diaryl/α,β-unsaturated/α-hetero) is 1. The number of amides is 1. The molecule has 1 aliphatic heterocycles. The quantitative estimate of drug-likeness (QED) is 0.215. The summed E-state index contributed by atoms with van der Waals surface area (Å²) in [7, 11) is 1.55. The third kappa shape index (κ3) is 4.51. The number of hydrogen-bond donors (Lipinski definition) is 1. The number of ether oxygens (including phenoxy) is 1. The molecule has 1 amide bonds. The van der Waals surface area contributed by atoms with Gasteiger partial charge in [0, 0.05) is 30.0 Å². The van der Waals surface area contributed by atoms with E-state index in [0.717, 1.165) is 29.9 Å². The highest BCUT2D eigenvalue weighted by Gasteiger charge is 2.47. The van der Waals surface area contributed by atoms with Crippen LogP contribution in [0.15, 0.2) is 76.8 Å². The molecule has 36 heavy (non-hydrogen) atoms. The van der Waals surface area contributed by atoms with Crippen LogP contribution in [-0.4, -0.2) is 37.0 Å². The van der Waals surface area contributed by atoms with Crippen molar-refractivity contribution in [3.63, 3.8) is 0 Å². The number of hydrogen-bond acceptors (Lipinski definition) is 5. The topological polar surface area (TPSA) is 70.1 Å². The van der Waals surface area contributed by atoms with Gasteiger partial charge in [0.1, 0.15) is 11.5 Å². The van der Waals surface area contributed by atoms with Crippen molar-refractivity contribution >= 4 is 44.8 Å². The molecular weight excluding hydrogens is 520 g/mol. The fourth-order valence-electron chi connectivity index (χ4n) is 4.67. The second kappa shape index (κ2) is 10.6. The molecule has 0 saturated carbocycles. The van der Waals surface area contributed by atoms with Crippen molar-refractivity contribution in [3.8, 4) is 5.75 Å². The van der Waals surface area contributed by atoms with Crippen LogP contribution in [0, 0.1) is 6.92 Å². The maximum atomic E-state index is 13.4. The predicted molar refractivity (Wildman–Crippen MR) is 147 cm³/mol. The Morgan fingerprint density at radius 1 is 1.03 bits per heavy atom. The average molecular weight is 549 g/mol. The van der Waals surface area contributed by atoms with Gasteiger partial charge in [-0.05, 0) is 90.3 Å². The highest BCUT2D eigenvalue weighted by atomic mass is 79.9. The van der Waals surface area contributed by atoms with Crippen molar-refractivity contribution < 1.29 is 19.4 Å². The van der Waals surface area contributed by atoms with E-state index in [4.69, 9.17) is 4.74 Å². The van der Waals surface area contributed by atoms with Gasteiger partial charge in [-0.3, -0.25) is 14.5 Å². The molecule has 0 radical (unpaired) electrons. The monoisotopic (exact) mass is 548 g/mol. The molecule has 4 rings (SSSR count). The zero-order chi connectivity index (χ0) is 26.0. The number of aryl methyl sites for hydroxylation is 1. The van der Waals surface area contributed by atoms with Gasteiger partial charge in [-0.2, -0.15) is 0 Å². The Morgan fingerprint density at radius 3 is 2.28 bits per heavy atom. The van der Waals surface area contributed by atoms with E-state index >= 15 is 0 Å². The van der Waals surface area contributed by atoms with Gasteiger partial charge in [0.25, 0.3) is 11.7 Å². The van der Waals surface area contributed by atoms with E-state index in [9.17, 15) is 14.7 Å². The molecule has 1 saturated heterocycles. The number of nitrogens with zero attached hydrogens (tertiary/aromatic N) is 2.